The van der Waals surface area contributed by atoms with Gasteiger partial charge in [0, 0.05) is 19.1 Å². The Kier molecular flexibility index (Phi) is 3.94. The van der Waals surface area contributed by atoms with Gasteiger partial charge < -0.3 is 13.8 Å². The van der Waals surface area contributed by atoms with E-state index < -0.39 is 0 Å². The van der Waals surface area contributed by atoms with Crippen molar-refractivity contribution in [3.8, 4) is 0 Å². The number of likely N-dealkylation sites (tertiary alicyclic amines) is 1. The van der Waals surface area contributed by atoms with E-state index in [-0.39, 0.29) is 17.7 Å². The van der Waals surface area contributed by atoms with Crippen LogP contribution in [0.3, 0.4) is 0 Å². The average Bonchev–Trinajstić information content (AvgIpc) is 3.14. The molecule has 0 radical (unpaired) electrons. The molecule has 4 rings (SSSR count). The van der Waals surface area contributed by atoms with Gasteiger partial charge in [-0.3, -0.25) is 9.36 Å². The summed E-state index contributed by atoms with van der Waals surface area (Å²) in [6.07, 6.45) is 1.41. The second-order valence-corrected chi connectivity index (χ2v) is 6.88. The Hall–Kier alpha value is -2.83. The second-order valence-electron chi connectivity index (χ2n) is 6.88. The van der Waals surface area contributed by atoms with Crippen LogP contribution in [-0.2, 0) is 0 Å². The van der Waals surface area contributed by atoms with E-state index in [4.69, 9.17) is 8.94 Å². The lowest BCUT2D eigenvalue weighted by Gasteiger charge is -2.32. The number of para-hydroxylation sites is 1. The molecular formula is C19H21N3O4. The van der Waals surface area contributed by atoms with Gasteiger partial charge >= 0.3 is 5.76 Å². The summed E-state index contributed by atoms with van der Waals surface area (Å²) in [4.78, 5) is 27.0. The smallest absolute Gasteiger partial charge is 0.408 e. The SMILES string of the molecule is Cc1noc(C)c1C(=O)N1CCC(n2c(=O)oc3cccc(C)c32)CC1. The van der Waals surface area contributed by atoms with Crippen LogP contribution in [0, 0.1) is 20.8 Å². The van der Waals surface area contributed by atoms with Crippen LogP contribution < -0.4 is 5.76 Å². The molecule has 1 saturated heterocycles. The minimum absolute atomic E-state index is 0.0265. The van der Waals surface area contributed by atoms with E-state index in [2.05, 4.69) is 5.16 Å². The quantitative estimate of drug-likeness (QED) is 0.706. The number of hydrogen-bond donors (Lipinski definition) is 0. The first-order valence-corrected chi connectivity index (χ1v) is 8.80. The zero-order chi connectivity index (χ0) is 18.4. The van der Waals surface area contributed by atoms with Gasteiger partial charge in [0.2, 0.25) is 0 Å². The molecule has 1 aliphatic rings. The number of nitrogens with zero attached hydrogens (tertiary/aromatic N) is 3. The number of oxazole rings is 1. The lowest BCUT2D eigenvalue weighted by molar-refractivity contribution is 0.0691. The molecule has 1 aromatic carbocycles. The van der Waals surface area contributed by atoms with Crippen molar-refractivity contribution in [2.45, 2.75) is 39.7 Å². The number of carbonyl (C=O) groups excluding carboxylic acids is 1. The van der Waals surface area contributed by atoms with Crippen LogP contribution in [0.5, 0.6) is 0 Å². The maximum absolute atomic E-state index is 12.8. The summed E-state index contributed by atoms with van der Waals surface area (Å²) in [6.45, 7) is 6.66. The molecule has 136 valence electrons. The van der Waals surface area contributed by atoms with E-state index in [1.54, 1.807) is 18.4 Å². The highest BCUT2D eigenvalue weighted by Gasteiger charge is 2.30. The van der Waals surface area contributed by atoms with Crippen LogP contribution in [-0.4, -0.2) is 33.6 Å². The Bertz CT molecular complexity index is 1020. The Morgan fingerprint density at radius 1 is 1.19 bits per heavy atom. The Morgan fingerprint density at radius 2 is 1.92 bits per heavy atom. The summed E-state index contributed by atoms with van der Waals surface area (Å²) < 4.78 is 12.3. The number of fused-ring (bicyclic) bond motifs is 1. The summed E-state index contributed by atoms with van der Waals surface area (Å²) in [7, 11) is 0. The second kappa shape index (κ2) is 6.16. The van der Waals surface area contributed by atoms with Crippen molar-refractivity contribution >= 4 is 17.0 Å². The highest BCUT2D eigenvalue weighted by Crippen LogP contribution is 2.28. The zero-order valence-corrected chi connectivity index (χ0v) is 15.1. The monoisotopic (exact) mass is 355 g/mol. The molecule has 3 aromatic rings. The van der Waals surface area contributed by atoms with Crippen LogP contribution >= 0.6 is 0 Å². The van der Waals surface area contributed by atoms with Gasteiger partial charge in [-0.2, -0.15) is 0 Å². The minimum Gasteiger partial charge on any atom is -0.408 e. The zero-order valence-electron chi connectivity index (χ0n) is 15.1. The molecule has 0 spiro atoms. The normalized spacial score (nSPS) is 15.7. The lowest BCUT2D eigenvalue weighted by Crippen LogP contribution is -2.40. The summed E-state index contributed by atoms with van der Waals surface area (Å²) >= 11 is 0. The molecule has 1 fully saturated rings. The van der Waals surface area contributed by atoms with Gasteiger partial charge in [0.25, 0.3) is 5.91 Å². The number of carbonyl (C=O) groups is 1. The van der Waals surface area contributed by atoms with Crippen LogP contribution in [0.2, 0.25) is 0 Å². The van der Waals surface area contributed by atoms with E-state index in [1.807, 2.05) is 30.0 Å². The molecule has 7 nitrogen and oxygen atoms in total. The van der Waals surface area contributed by atoms with Gasteiger partial charge in [-0.1, -0.05) is 17.3 Å². The Balaban J connectivity index is 1.57. The maximum Gasteiger partial charge on any atom is 0.420 e. The number of aromatic nitrogens is 2. The summed E-state index contributed by atoms with van der Waals surface area (Å²) in [6, 6.07) is 5.70. The van der Waals surface area contributed by atoms with Crippen molar-refractivity contribution in [1.82, 2.24) is 14.6 Å². The van der Waals surface area contributed by atoms with Gasteiger partial charge in [-0.15, -0.1) is 0 Å². The fraction of sp³-hybridized carbons (Fsp3) is 0.421. The van der Waals surface area contributed by atoms with E-state index in [0.717, 1.165) is 11.1 Å². The molecule has 0 atom stereocenters. The van der Waals surface area contributed by atoms with Crippen LogP contribution in [0.4, 0.5) is 0 Å². The highest BCUT2D eigenvalue weighted by atomic mass is 16.5. The van der Waals surface area contributed by atoms with Gasteiger partial charge in [-0.05, 0) is 45.2 Å². The average molecular weight is 355 g/mol. The fourth-order valence-electron chi connectivity index (χ4n) is 3.86. The highest BCUT2D eigenvalue weighted by molar-refractivity contribution is 5.96. The predicted molar refractivity (Wildman–Crippen MR) is 95.4 cm³/mol. The molecule has 3 heterocycles. The molecule has 0 bridgehead atoms. The largest absolute Gasteiger partial charge is 0.420 e. The number of aryl methyl sites for hydroxylation is 3. The van der Waals surface area contributed by atoms with Crippen LogP contribution in [0.15, 0.2) is 31.9 Å². The van der Waals surface area contributed by atoms with Gasteiger partial charge in [0.15, 0.2) is 5.58 Å². The summed E-state index contributed by atoms with van der Waals surface area (Å²) in [5, 5.41) is 3.86. The van der Waals surface area contributed by atoms with E-state index in [1.165, 1.54) is 0 Å². The fourth-order valence-corrected chi connectivity index (χ4v) is 3.86. The first-order valence-electron chi connectivity index (χ1n) is 8.80. The molecule has 1 aliphatic heterocycles. The van der Waals surface area contributed by atoms with Gasteiger partial charge in [0.1, 0.15) is 11.3 Å². The van der Waals surface area contributed by atoms with E-state index >= 15 is 0 Å². The lowest BCUT2D eigenvalue weighted by atomic mass is 10.0. The summed E-state index contributed by atoms with van der Waals surface area (Å²) in [5.74, 6) is 0.160. The van der Waals surface area contributed by atoms with Crippen molar-refractivity contribution < 1.29 is 13.7 Å². The van der Waals surface area contributed by atoms with Crippen molar-refractivity contribution in [2.24, 2.45) is 0 Å². The molecule has 2 aromatic heterocycles. The van der Waals surface area contributed by atoms with E-state index in [9.17, 15) is 9.59 Å². The predicted octanol–water partition coefficient (Wildman–Crippen LogP) is 2.99. The topological polar surface area (TPSA) is 81.5 Å². The third-order valence-corrected chi connectivity index (χ3v) is 5.20. The molecule has 1 amide bonds. The summed E-state index contributed by atoms with van der Waals surface area (Å²) in [5.41, 5.74) is 3.65. The Morgan fingerprint density at radius 3 is 2.58 bits per heavy atom. The first-order chi connectivity index (χ1) is 12.5. The number of hydrogen-bond acceptors (Lipinski definition) is 5. The Labute approximate surface area is 150 Å². The maximum atomic E-state index is 12.8. The minimum atomic E-state index is -0.329. The van der Waals surface area contributed by atoms with Gasteiger partial charge in [0.05, 0.1) is 11.2 Å². The van der Waals surface area contributed by atoms with E-state index in [0.29, 0.717) is 48.5 Å². The molecule has 26 heavy (non-hydrogen) atoms. The number of benzene rings is 1. The van der Waals surface area contributed by atoms with Crippen molar-refractivity contribution in [3.63, 3.8) is 0 Å². The molecule has 0 N–H and O–H groups in total. The van der Waals surface area contributed by atoms with Crippen molar-refractivity contribution in [1.29, 1.82) is 0 Å². The van der Waals surface area contributed by atoms with Crippen molar-refractivity contribution in [2.75, 3.05) is 13.1 Å². The molecule has 0 saturated carbocycles. The number of rotatable bonds is 2. The third-order valence-electron chi connectivity index (χ3n) is 5.20. The first kappa shape index (κ1) is 16.6. The number of amides is 1. The van der Waals surface area contributed by atoms with Crippen LogP contribution in [0.25, 0.3) is 11.1 Å². The number of piperidine rings is 1. The molecule has 0 aliphatic carbocycles. The standard InChI is InChI=1S/C19H21N3O4/c1-11-5-4-6-15-17(11)22(19(24)25-15)14-7-9-21(10-8-14)18(23)16-12(2)20-26-13(16)3/h4-6,14H,7-10H2,1-3H3. The molecular weight excluding hydrogens is 334 g/mol. The van der Waals surface area contributed by atoms with Crippen molar-refractivity contribution in [3.05, 3.63) is 51.3 Å². The third kappa shape index (κ3) is 2.55. The van der Waals surface area contributed by atoms with Crippen LogP contribution in [0.1, 0.15) is 46.3 Å². The molecule has 0 unspecified atom stereocenters. The molecule has 7 heteroatoms. The van der Waals surface area contributed by atoms with Gasteiger partial charge in [-0.25, -0.2) is 4.79 Å².